The van der Waals surface area contributed by atoms with Gasteiger partial charge in [-0.3, -0.25) is 14.7 Å². The Kier molecular flexibility index (Phi) is 7.40. The van der Waals surface area contributed by atoms with Crippen LogP contribution in [0.15, 0.2) is 23.2 Å². The first-order valence-electron chi connectivity index (χ1n) is 10.6. The highest BCUT2D eigenvalue weighted by Crippen LogP contribution is 2.41. The molecule has 1 saturated heterocycles. The van der Waals surface area contributed by atoms with E-state index in [0.717, 1.165) is 44.1 Å². The van der Waals surface area contributed by atoms with E-state index < -0.39 is 24.2 Å². The molecule has 2 aliphatic heterocycles. The number of benzene rings is 1. The van der Waals surface area contributed by atoms with Crippen LogP contribution in [0.2, 0.25) is 5.02 Å². The maximum absolute atomic E-state index is 12.9. The summed E-state index contributed by atoms with van der Waals surface area (Å²) in [6.45, 7) is 6.44. The molecule has 1 aromatic rings. The van der Waals surface area contributed by atoms with E-state index in [0.29, 0.717) is 16.7 Å². The van der Waals surface area contributed by atoms with E-state index in [1.54, 1.807) is 0 Å². The summed E-state index contributed by atoms with van der Waals surface area (Å²) in [5.41, 5.74) is 1.77. The first kappa shape index (κ1) is 22.8. The lowest BCUT2D eigenvalue weighted by molar-refractivity contribution is -0.129. The van der Waals surface area contributed by atoms with Crippen LogP contribution in [0.4, 0.5) is 5.69 Å². The molecular weight excluding hydrogens is 440 g/mol. The minimum Gasteiger partial charge on any atom is -0.390 e. The molecule has 0 bridgehead atoms. The Labute approximate surface area is 191 Å². The molecule has 1 amide bonds. The molecule has 1 aromatic carbocycles. The molecular formula is C21H29ClN4O4S. The molecule has 3 aliphatic rings. The summed E-state index contributed by atoms with van der Waals surface area (Å²) in [7, 11) is 0. The van der Waals surface area contributed by atoms with Crippen LogP contribution in [0.3, 0.4) is 0 Å². The Bertz CT molecular complexity index is 836. The second-order valence-electron chi connectivity index (χ2n) is 8.24. The van der Waals surface area contributed by atoms with Crippen LogP contribution in [0.1, 0.15) is 12.0 Å². The average molecular weight is 469 g/mol. The minimum atomic E-state index is -0.990. The fourth-order valence-electron chi connectivity index (χ4n) is 4.20. The number of aliphatic hydroxyl groups is 2. The minimum absolute atomic E-state index is 0.100. The van der Waals surface area contributed by atoms with Gasteiger partial charge in [0.15, 0.2) is 5.17 Å². The zero-order valence-electron chi connectivity index (χ0n) is 17.5. The maximum atomic E-state index is 12.9. The topological polar surface area (TPSA) is 106 Å². The van der Waals surface area contributed by atoms with Gasteiger partial charge in [0.1, 0.15) is 6.10 Å². The SMILES string of the molecule is Cc1ccc(NC2=N[C@@H]3[C@@H](O)[C@H](O)C[C@H](C(=O)NCCN4CCOCC4)[C@H]3S2)cc1Cl. The van der Waals surface area contributed by atoms with Gasteiger partial charge < -0.3 is 25.6 Å². The van der Waals surface area contributed by atoms with Crippen LogP contribution in [-0.2, 0) is 9.53 Å². The number of aliphatic hydroxyl groups excluding tert-OH is 2. The summed E-state index contributed by atoms with van der Waals surface area (Å²) in [4.78, 5) is 19.8. The van der Waals surface area contributed by atoms with E-state index in [-0.39, 0.29) is 17.6 Å². The molecule has 8 nitrogen and oxygen atoms in total. The fourth-order valence-corrected chi connectivity index (χ4v) is 5.75. The molecule has 1 saturated carbocycles. The number of rotatable bonds is 5. The normalized spacial score (nSPS) is 31.1. The molecule has 0 aromatic heterocycles. The highest BCUT2D eigenvalue weighted by Gasteiger charge is 2.50. The van der Waals surface area contributed by atoms with E-state index in [1.165, 1.54) is 11.8 Å². The van der Waals surface area contributed by atoms with Crippen LogP contribution >= 0.6 is 23.4 Å². The van der Waals surface area contributed by atoms with Gasteiger partial charge in [-0.05, 0) is 31.0 Å². The molecule has 0 radical (unpaired) electrons. The number of ether oxygens (including phenoxy) is 1. The number of aryl methyl sites for hydroxylation is 1. The highest BCUT2D eigenvalue weighted by atomic mass is 35.5. The Morgan fingerprint density at radius 3 is 2.87 bits per heavy atom. The number of anilines is 1. The van der Waals surface area contributed by atoms with Gasteiger partial charge in [0.25, 0.3) is 0 Å². The number of nitrogens with zero attached hydrogens (tertiary/aromatic N) is 2. The number of amides is 1. The fraction of sp³-hybridized carbons (Fsp3) is 0.619. The Morgan fingerprint density at radius 2 is 2.13 bits per heavy atom. The number of thioether (sulfide) groups is 1. The summed E-state index contributed by atoms with van der Waals surface area (Å²) in [5, 5.41) is 28.1. The van der Waals surface area contributed by atoms with E-state index in [2.05, 4.69) is 20.5 Å². The molecule has 4 N–H and O–H groups in total. The smallest absolute Gasteiger partial charge is 0.224 e. The first-order valence-corrected chi connectivity index (χ1v) is 11.9. The van der Waals surface area contributed by atoms with Crippen molar-refractivity contribution in [2.75, 3.05) is 44.7 Å². The quantitative estimate of drug-likeness (QED) is 0.512. The van der Waals surface area contributed by atoms with Crippen LogP contribution in [0.5, 0.6) is 0 Å². The van der Waals surface area contributed by atoms with Crippen LogP contribution in [0.25, 0.3) is 0 Å². The average Bonchev–Trinajstić information content (AvgIpc) is 3.18. The van der Waals surface area contributed by atoms with Crippen molar-refractivity contribution in [2.24, 2.45) is 10.9 Å². The van der Waals surface area contributed by atoms with Crippen molar-refractivity contribution in [2.45, 2.75) is 36.8 Å². The van der Waals surface area contributed by atoms with E-state index in [9.17, 15) is 15.0 Å². The number of hydrogen-bond acceptors (Lipinski definition) is 8. The lowest BCUT2D eigenvalue weighted by atomic mass is 9.81. The van der Waals surface area contributed by atoms with E-state index >= 15 is 0 Å². The Morgan fingerprint density at radius 1 is 1.35 bits per heavy atom. The largest absolute Gasteiger partial charge is 0.390 e. The molecule has 5 atom stereocenters. The number of hydrogen-bond donors (Lipinski definition) is 4. The predicted octanol–water partition coefficient (Wildman–Crippen LogP) is 1.09. The molecule has 4 rings (SSSR count). The van der Waals surface area contributed by atoms with Crippen molar-refractivity contribution >= 4 is 40.1 Å². The Hall–Kier alpha value is -1.36. The molecule has 10 heteroatoms. The molecule has 1 aliphatic carbocycles. The molecule has 2 heterocycles. The number of morpholine rings is 1. The zero-order valence-corrected chi connectivity index (χ0v) is 19.0. The van der Waals surface area contributed by atoms with Crippen molar-refractivity contribution in [1.29, 1.82) is 0 Å². The number of carbonyl (C=O) groups is 1. The van der Waals surface area contributed by atoms with E-state index in [1.807, 2.05) is 25.1 Å². The number of nitrogens with one attached hydrogen (secondary N) is 2. The Balaban J connectivity index is 1.37. The third-order valence-corrected chi connectivity index (χ3v) is 7.80. The van der Waals surface area contributed by atoms with Gasteiger partial charge >= 0.3 is 0 Å². The van der Waals surface area contributed by atoms with Gasteiger partial charge in [0.2, 0.25) is 5.91 Å². The molecule has 31 heavy (non-hydrogen) atoms. The second-order valence-corrected chi connectivity index (χ2v) is 9.82. The van der Waals surface area contributed by atoms with Gasteiger partial charge in [-0.25, -0.2) is 0 Å². The molecule has 170 valence electrons. The van der Waals surface area contributed by atoms with Crippen molar-refractivity contribution in [3.8, 4) is 0 Å². The van der Waals surface area contributed by atoms with Gasteiger partial charge in [0, 0.05) is 42.1 Å². The van der Waals surface area contributed by atoms with Crippen LogP contribution < -0.4 is 10.6 Å². The van der Waals surface area contributed by atoms with Crippen molar-refractivity contribution in [3.63, 3.8) is 0 Å². The van der Waals surface area contributed by atoms with Gasteiger partial charge in [-0.2, -0.15) is 0 Å². The van der Waals surface area contributed by atoms with Gasteiger partial charge in [0.05, 0.1) is 31.3 Å². The number of fused-ring (bicyclic) bond motifs is 1. The summed E-state index contributed by atoms with van der Waals surface area (Å²) in [6.07, 6.45) is -1.75. The number of halogens is 1. The predicted molar refractivity (Wildman–Crippen MR) is 123 cm³/mol. The highest BCUT2D eigenvalue weighted by molar-refractivity contribution is 8.15. The lowest BCUT2D eigenvalue weighted by Gasteiger charge is -2.37. The summed E-state index contributed by atoms with van der Waals surface area (Å²) >= 11 is 7.65. The van der Waals surface area contributed by atoms with Crippen LogP contribution in [-0.4, -0.2) is 89.1 Å². The zero-order chi connectivity index (χ0) is 22.0. The van der Waals surface area contributed by atoms with E-state index in [4.69, 9.17) is 16.3 Å². The number of amidine groups is 1. The van der Waals surface area contributed by atoms with Gasteiger partial charge in [-0.1, -0.05) is 29.4 Å². The molecule has 2 fully saturated rings. The summed E-state index contributed by atoms with van der Waals surface area (Å²) < 4.78 is 5.35. The number of carbonyl (C=O) groups excluding carboxylic acids is 1. The third-order valence-electron chi connectivity index (χ3n) is 6.08. The summed E-state index contributed by atoms with van der Waals surface area (Å²) in [6, 6.07) is 5.12. The van der Waals surface area contributed by atoms with Gasteiger partial charge in [-0.15, -0.1) is 0 Å². The first-order chi connectivity index (χ1) is 14.9. The second kappa shape index (κ2) is 10.1. The van der Waals surface area contributed by atoms with Crippen molar-refractivity contribution in [3.05, 3.63) is 28.8 Å². The van der Waals surface area contributed by atoms with Crippen LogP contribution in [0, 0.1) is 12.8 Å². The monoisotopic (exact) mass is 468 g/mol. The summed E-state index contributed by atoms with van der Waals surface area (Å²) in [5.74, 6) is -0.528. The number of aliphatic imine (C=N–C) groups is 1. The van der Waals surface area contributed by atoms with Crippen molar-refractivity contribution in [1.82, 2.24) is 10.2 Å². The van der Waals surface area contributed by atoms with Crippen molar-refractivity contribution < 1.29 is 19.7 Å². The standard InChI is InChI=1S/C21H29ClN4O4S/c1-12-2-3-13(10-15(12)22)24-21-25-17-18(28)16(27)11-14(19(17)31-21)20(29)23-4-5-26-6-8-30-9-7-26/h2-3,10,14,16-19,27-28H,4-9,11H2,1H3,(H,23,29)(H,24,25)/t14-,16+,17+,18-,19+/m0/s1. The lowest BCUT2D eigenvalue weighted by Crippen LogP contribution is -2.54. The third kappa shape index (κ3) is 5.35. The molecule has 0 unspecified atom stereocenters. The maximum Gasteiger partial charge on any atom is 0.224 e. The molecule has 0 spiro atoms.